The van der Waals surface area contributed by atoms with Crippen LogP contribution in [0, 0.1) is 0 Å². The second-order valence-electron chi connectivity index (χ2n) is 5.46. The van der Waals surface area contributed by atoms with Crippen molar-refractivity contribution in [2.24, 2.45) is 0 Å². The Kier molecular flexibility index (Phi) is 3.28. The first kappa shape index (κ1) is 13.5. The highest BCUT2D eigenvalue weighted by Crippen LogP contribution is 2.18. The van der Waals surface area contributed by atoms with Crippen LogP contribution in [0.1, 0.15) is 11.3 Å². The minimum atomic E-state index is -0.304. The van der Waals surface area contributed by atoms with Gasteiger partial charge < -0.3 is 4.42 Å². The fraction of sp³-hybridized carbons (Fsp3) is 0. The molecule has 0 radical (unpaired) electrons. The van der Waals surface area contributed by atoms with Crippen LogP contribution in [0.15, 0.2) is 82.0 Å². The fourth-order valence-electron chi connectivity index (χ4n) is 2.73. The third kappa shape index (κ3) is 2.67. The van der Waals surface area contributed by atoms with Crippen molar-refractivity contribution in [1.82, 2.24) is 0 Å². The first-order valence-electron chi connectivity index (χ1n) is 7.49. The normalized spacial score (nSPS) is 11.5. The van der Waals surface area contributed by atoms with Gasteiger partial charge in [-0.25, -0.2) is 4.79 Å². The Morgan fingerprint density at radius 3 is 2.30 bits per heavy atom. The molecule has 0 aliphatic heterocycles. The van der Waals surface area contributed by atoms with Crippen molar-refractivity contribution >= 4 is 33.7 Å². The van der Waals surface area contributed by atoms with E-state index in [1.807, 2.05) is 48.6 Å². The van der Waals surface area contributed by atoms with E-state index in [4.69, 9.17) is 4.42 Å². The summed E-state index contributed by atoms with van der Waals surface area (Å²) in [6.07, 6.45) is 3.79. The molecule has 2 heteroatoms. The van der Waals surface area contributed by atoms with Gasteiger partial charge in [0.2, 0.25) is 0 Å². The summed E-state index contributed by atoms with van der Waals surface area (Å²) in [5.74, 6) is 0.557. The lowest BCUT2D eigenvalue weighted by Crippen LogP contribution is -1.99. The molecule has 2 nitrogen and oxygen atoms in total. The van der Waals surface area contributed by atoms with Gasteiger partial charge in [-0.1, -0.05) is 60.7 Å². The average Bonchev–Trinajstić information content (AvgIpc) is 2.60. The first-order valence-corrected chi connectivity index (χ1v) is 7.49. The van der Waals surface area contributed by atoms with Crippen LogP contribution in [-0.2, 0) is 0 Å². The topological polar surface area (TPSA) is 30.2 Å². The maximum absolute atomic E-state index is 12.0. The highest BCUT2D eigenvalue weighted by molar-refractivity contribution is 5.86. The fourth-order valence-corrected chi connectivity index (χ4v) is 2.73. The second-order valence-corrected chi connectivity index (χ2v) is 5.46. The Morgan fingerprint density at radius 1 is 0.696 bits per heavy atom. The lowest BCUT2D eigenvalue weighted by molar-refractivity contribution is 0.510. The van der Waals surface area contributed by atoms with E-state index in [1.54, 1.807) is 6.07 Å². The van der Waals surface area contributed by atoms with E-state index in [2.05, 4.69) is 30.3 Å². The molecule has 23 heavy (non-hydrogen) atoms. The van der Waals surface area contributed by atoms with Crippen LogP contribution in [-0.4, -0.2) is 0 Å². The summed E-state index contributed by atoms with van der Waals surface area (Å²) in [4.78, 5) is 12.0. The van der Waals surface area contributed by atoms with Crippen LogP contribution in [0.25, 0.3) is 33.7 Å². The number of rotatable bonds is 2. The van der Waals surface area contributed by atoms with Crippen molar-refractivity contribution in [2.75, 3.05) is 0 Å². The molecule has 0 bridgehead atoms. The predicted molar refractivity (Wildman–Crippen MR) is 95.4 cm³/mol. The van der Waals surface area contributed by atoms with Gasteiger partial charge >= 0.3 is 5.63 Å². The molecule has 0 fully saturated rings. The van der Waals surface area contributed by atoms with E-state index in [0.29, 0.717) is 11.1 Å². The molecular weight excluding hydrogens is 284 g/mol. The van der Waals surface area contributed by atoms with Gasteiger partial charge in [0, 0.05) is 0 Å². The second kappa shape index (κ2) is 5.58. The highest BCUT2D eigenvalue weighted by Gasteiger charge is 2.01. The van der Waals surface area contributed by atoms with E-state index in [0.717, 1.165) is 10.9 Å². The zero-order chi connectivity index (χ0) is 15.6. The lowest BCUT2D eigenvalue weighted by Gasteiger charge is -2.00. The number of hydrogen-bond acceptors (Lipinski definition) is 2. The molecule has 1 aromatic heterocycles. The van der Waals surface area contributed by atoms with Crippen LogP contribution in [0.4, 0.5) is 0 Å². The van der Waals surface area contributed by atoms with Crippen LogP contribution in [0.2, 0.25) is 0 Å². The van der Waals surface area contributed by atoms with E-state index in [9.17, 15) is 4.79 Å². The molecule has 110 valence electrons. The Labute approximate surface area is 133 Å². The van der Waals surface area contributed by atoms with Crippen LogP contribution in [0.5, 0.6) is 0 Å². The maximum Gasteiger partial charge on any atom is 0.344 e. The molecule has 0 atom stereocenters. The van der Waals surface area contributed by atoms with Crippen molar-refractivity contribution in [3.05, 3.63) is 94.5 Å². The molecule has 1 heterocycles. The van der Waals surface area contributed by atoms with E-state index in [1.165, 1.54) is 10.8 Å². The molecule has 0 saturated heterocycles. The molecule has 0 aliphatic rings. The molecule has 0 spiro atoms. The van der Waals surface area contributed by atoms with Crippen LogP contribution >= 0.6 is 0 Å². The lowest BCUT2D eigenvalue weighted by atomic mass is 10.1. The third-order valence-corrected chi connectivity index (χ3v) is 3.90. The summed E-state index contributed by atoms with van der Waals surface area (Å²) in [5, 5.41) is 3.90. The Bertz CT molecular complexity index is 1090. The molecule has 0 N–H and O–H groups in total. The summed E-state index contributed by atoms with van der Waals surface area (Å²) >= 11 is 0. The van der Waals surface area contributed by atoms with Crippen molar-refractivity contribution in [3.63, 3.8) is 0 Å². The van der Waals surface area contributed by atoms with Crippen molar-refractivity contribution in [1.29, 1.82) is 0 Å². The van der Waals surface area contributed by atoms with Crippen LogP contribution in [0.3, 0.4) is 0 Å². The Balaban J connectivity index is 1.73. The maximum atomic E-state index is 12.0. The average molecular weight is 298 g/mol. The monoisotopic (exact) mass is 298 g/mol. The molecular formula is C21H14O2. The smallest absolute Gasteiger partial charge is 0.344 e. The molecule has 0 unspecified atom stereocenters. The standard InChI is InChI=1S/C21H14O2/c22-21-20-8-4-3-7-18(20)14-19(23-21)12-10-15-9-11-16-5-1-2-6-17(16)13-15/h1-14H/b12-10+. The Hall–Kier alpha value is -3.13. The summed E-state index contributed by atoms with van der Waals surface area (Å²) in [6.45, 7) is 0. The zero-order valence-corrected chi connectivity index (χ0v) is 12.4. The van der Waals surface area contributed by atoms with Gasteiger partial charge in [0.15, 0.2) is 0 Å². The van der Waals surface area contributed by atoms with E-state index >= 15 is 0 Å². The summed E-state index contributed by atoms with van der Waals surface area (Å²) in [5.41, 5.74) is 0.765. The summed E-state index contributed by atoms with van der Waals surface area (Å²) < 4.78 is 5.36. The summed E-state index contributed by atoms with van der Waals surface area (Å²) in [7, 11) is 0. The van der Waals surface area contributed by atoms with Gasteiger partial charge in [-0.15, -0.1) is 0 Å². The first-order chi connectivity index (χ1) is 11.3. The van der Waals surface area contributed by atoms with E-state index < -0.39 is 0 Å². The van der Waals surface area contributed by atoms with Crippen LogP contribution < -0.4 is 5.63 Å². The SMILES string of the molecule is O=c1oc(/C=C/c2ccc3ccccc3c2)cc2ccccc12. The minimum absolute atomic E-state index is 0.304. The van der Waals surface area contributed by atoms with Crippen molar-refractivity contribution < 1.29 is 4.42 Å². The molecule has 0 aliphatic carbocycles. The largest absolute Gasteiger partial charge is 0.423 e. The van der Waals surface area contributed by atoms with Gasteiger partial charge in [-0.05, 0) is 46.0 Å². The van der Waals surface area contributed by atoms with Gasteiger partial charge in [-0.2, -0.15) is 0 Å². The highest BCUT2D eigenvalue weighted by atomic mass is 16.4. The minimum Gasteiger partial charge on any atom is -0.423 e. The number of fused-ring (bicyclic) bond motifs is 2. The van der Waals surface area contributed by atoms with Crippen molar-refractivity contribution in [2.45, 2.75) is 0 Å². The quantitative estimate of drug-likeness (QED) is 0.514. The molecule has 4 rings (SSSR count). The Morgan fingerprint density at radius 2 is 1.43 bits per heavy atom. The summed E-state index contributed by atoms with van der Waals surface area (Å²) in [6, 6.07) is 23.8. The zero-order valence-electron chi connectivity index (χ0n) is 12.4. The van der Waals surface area contributed by atoms with Gasteiger partial charge in [0.05, 0.1) is 5.39 Å². The van der Waals surface area contributed by atoms with Gasteiger partial charge in [0.1, 0.15) is 5.76 Å². The molecule has 0 saturated carbocycles. The van der Waals surface area contributed by atoms with Gasteiger partial charge in [0.25, 0.3) is 0 Å². The number of hydrogen-bond donors (Lipinski definition) is 0. The third-order valence-electron chi connectivity index (χ3n) is 3.90. The molecule has 4 aromatic rings. The number of benzene rings is 3. The van der Waals surface area contributed by atoms with E-state index in [-0.39, 0.29) is 5.63 Å². The molecule has 3 aromatic carbocycles. The predicted octanol–water partition coefficient (Wildman–Crippen LogP) is 5.12. The van der Waals surface area contributed by atoms with Gasteiger partial charge in [-0.3, -0.25) is 0 Å². The molecule has 0 amide bonds. The van der Waals surface area contributed by atoms with Crippen molar-refractivity contribution in [3.8, 4) is 0 Å².